The lowest BCUT2D eigenvalue weighted by Crippen LogP contribution is -2.43. The number of carbonyl (C=O) groups excluding carboxylic acids is 2. The second-order valence-corrected chi connectivity index (χ2v) is 9.33. The maximum Gasteiger partial charge on any atom is 0.309 e. The quantitative estimate of drug-likeness (QED) is 0.687. The molecule has 0 radical (unpaired) electrons. The normalized spacial score (nSPS) is 22.2. The summed E-state index contributed by atoms with van der Waals surface area (Å²) in [5.41, 5.74) is 0.610. The highest BCUT2D eigenvalue weighted by molar-refractivity contribution is 7.90. The number of piperidine rings is 1. The number of hydrogen-bond donors (Lipinski definition) is 0. The molecule has 0 N–H and O–H groups in total. The van der Waals surface area contributed by atoms with Crippen LogP contribution in [0.4, 0.5) is 0 Å². The third-order valence-electron chi connectivity index (χ3n) is 5.80. The van der Waals surface area contributed by atoms with E-state index in [-0.39, 0.29) is 22.7 Å². The molecule has 3 aliphatic rings. The summed E-state index contributed by atoms with van der Waals surface area (Å²) < 4.78 is 33.9. The standard InChI is InChI=1S/C20H25N3O5S/c1-14(19(24)23-10-4-5-11-23)28-20(25)15-8-12-22(13-9-15)18-16-6-2-3-7-17(16)29(26,27)21-18/h2-3,6-7,14-15H,4-5,8-13H2,1H3. The Labute approximate surface area is 170 Å². The minimum absolute atomic E-state index is 0.129. The molecule has 3 heterocycles. The van der Waals surface area contributed by atoms with Gasteiger partial charge in [-0.2, -0.15) is 8.42 Å². The molecular weight excluding hydrogens is 394 g/mol. The number of amides is 1. The molecule has 9 heteroatoms. The molecule has 0 aliphatic carbocycles. The molecule has 1 amide bonds. The van der Waals surface area contributed by atoms with Crippen LogP contribution in [0.15, 0.2) is 33.6 Å². The molecule has 0 saturated carbocycles. The van der Waals surface area contributed by atoms with Crippen molar-refractivity contribution in [1.29, 1.82) is 0 Å². The monoisotopic (exact) mass is 419 g/mol. The Bertz CT molecular complexity index is 945. The van der Waals surface area contributed by atoms with Gasteiger partial charge < -0.3 is 14.5 Å². The second kappa shape index (κ2) is 7.78. The molecular formula is C20H25N3O5S. The van der Waals surface area contributed by atoms with Crippen LogP contribution in [0.1, 0.15) is 38.2 Å². The number of fused-ring (bicyclic) bond motifs is 1. The van der Waals surface area contributed by atoms with E-state index in [1.807, 2.05) is 4.90 Å². The number of rotatable bonds is 3. The van der Waals surface area contributed by atoms with Crippen molar-refractivity contribution >= 4 is 27.7 Å². The number of hydrogen-bond acceptors (Lipinski definition) is 6. The van der Waals surface area contributed by atoms with E-state index in [2.05, 4.69) is 4.40 Å². The maximum absolute atomic E-state index is 12.5. The van der Waals surface area contributed by atoms with Gasteiger partial charge in [0.2, 0.25) is 0 Å². The molecule has 156 valence electrons. The number of ether oxygens (including phenoxy) is 1. The molecule has 2 fully saturated rings. The summed E-state index contributed by atoms with van der Waals surface area (Å²) in [4.78, 5) is 28.7. The SMILES string of the molecule is CC(OC(=O)C1CCN(C2=NS(=O)(=O)c3ccccc32)CC1)C(=O)N1CCCC1. The molecule has 1 unspecified atom stereocenters. The van der Waals surface area contributed by atoms with Crippen LogP contribution in [0.25, 0.3) is 0 Å². The minimum Gasteiger partial charge on any atom is -0.452 e. The maximum atomic E-state index is 12.5. The van der Waals surface area contributed by atoms with Gasteiger partial charge in [0.1, 0.15) is 4.90 Å². The van der Waals surface area contributed by atoms with Crippen LogP contribution in [0, 0.1) is 5.92 Å². The van der Waals surface area contributed by atoms with E-state index < -0.39 is 16.1 Å². The van der Waals surface area contributed by atoms with E-state index in [0.29, 0.717) is 37.3 Å². The van der Waals surface area contributed by atoms with Crippen molar-refractivity contribution in [3.05, 3.63) is 29.8 Å². The average Bonchev–Trinajstić information content (AvgIpc) is 3.34. The number of nitrogens with zero attached hydrogens (tertiary/aromatic N) is 3. The van der Waals surface area contributed by atoms with Crippen LogP contribution < -0.4 is 0 Å². The minimum atomic E-state index is -3.66. The third kappa shape index (κ3) is 3.88. The Morgan fingerprint density at radius 1 is 1.10 bits per heavy atom. The van der Waals surface area contributed by atoms with Gasteiger partial charge in [0.25, 0.3) is 15.9 Å². The summed E-state index contributed by atoms with van der Waals surface area (Å²) in [5.74, 6) is -0.333. The summed E-state index contributed by atoms with van der Waals surface area (Å²) in [6.45, 7) is 4.10. The topological polar surface area (TPSA) is 96.3 Å². The smallest absolute Gasteiger partial charge is 0.309 e. The Morgan fingerprint density at radius 2 is 1.76 bits per heavy atom. The van der Waals surface area contributed by atoms with Crippen LogP contribution in [0.2, 0.25) is 0 Å². The first-order valence-electron chi connectivity index (χ1n) is 10.1. The number of benzene rings is 1. The summed E-state index contributed by atoms with van der Waals surface area (Å²) in [6.07, 6.45) is 2.28. The highest BCUT2D eigenvalue weighted by atomic mass is 32.2. The fraction of sp³-hybridized carbons (Fsp3) is 0.550. The number of carbonyl (C=O) groups is 2. The first kappa shape index (κ1) is 19.9. The van der Waals surface area contributed by atoms with Crippen LogP contribution in [-0.2, 0) is 24.3 Å². The zero-order valence-electron chi connectivity index (χ0n) is 16.4. The molecule has 2 saturated heterocycles. The van der Waals surface area contributed by atoms with E-state index in [1.165, 1.54) is 0 Å². The number of sulfonamides is 1. The van der Waals surface area contributed by atoms with Gasteiger partial charge in [0.05, 0.1) is 5.92 Å². The van der Waals surface area contributed by atoms with E-state index >= 15 is 0 Å². The number of esters is 1. The number of likely N-dealkylation sites (tertiary alicyclic amines) is 2. The van der Waals surface area contributed by atoms with Crippen molar-refractivity contribution in [3.63, 3.8) is 0 Å². The van der Waals surface area contributed by atoms with Crippen molar-refractivity contribution in [2.24, 2.45) is 10.3 Å². The summed E-state index contributed by atoms with van der Waals surface area (Å²) in [7, 11) is -3.66. The summed E-state index contributed by atoms with van der Waals surface area (Å²) in [5, 5.41) is 0. The van der Waals surface area contributed by atoms with Crippen molar-refractivity contribution in [3.8, 4) is 0 Å². The van der Waals surface area contributed by atoms with Gasteiger partial charge in [-0.05, 0) is 44.7 Å². The zero-order chi connectivity index (χ0) is 20.6. The van der Waals surface area contributed by atoms with Gasteiger partial charge in [-0.15, -0.1) is 4.40 Å². The van der Waals surface area contributed by atoms with Crippen LogP contribution in [0.5, 0.6) is 0 Å². The highest BCUT2D eigenvalue weighted by Gasteiger charge is 2.35. The van der Waals surface area contributed by atoms with Crippen molar-refractivity contribution < 1.29 is 22.7 Å². The molecule has 8 nitrogen and oxygen atoms in total. The Kier molecular flexibility index (Phi) is 5.33. The van der Waals surface area contributed by atoms with Crippen LogP contribution >= 0.6 is 0 Å². The lowest BCUT2D eigenvalue weighted by molar-refractivity contribution is -0.163. The van der Waals surface area contributed by atoms with E-state index in [9.17, 15) is 18.0 Å². The van der Waals surface area contributed by atoms with Crippen molar-refractivity contribution in [2.75, 3.05) is 26.2 Å². The summed E-state index contributed by atoms with van der Waals surface area (Å²) in [6, 6.07) is 6.79. The molecule has 0 aromatic heterocycles. The molecule has 1 aromatic carbocycles. The molecule has 0 bridgehead atoms. The van der Waals surface area contributed by atoms with Gasteiger partial charge >= 0.3 is 5.97 Å². The molecule has 4 rings (SSSR count). The second-order valence-electron chi connectivity index (χ2n) is 7.76. The fourth-order valence-electron chi connectivity index (χ4n) is 4.16. The van der Waals surface area contributed by atoms with Crippen LogP contribution in [-0.4, -0.2) is 68.2 Å². The predicted molar refractivity (Wildman–Crippen MR) is 106 cm³/mol. The molecule has 3 aliphatic heterocycles. The Morgan fingerprint density at radius 3 is 2.45 bits per heavy atom. The average molecular weight is 420 g/mol. The Hall–Kier alpha value is -2.42. The van der Waals surface area contributed by atoms with Gasteiger partial charge in [-0.3, -0.25) is 9.59 Å². The first-order valence-corrected chi connectivity index (χ1v) is 11.5. The number of amidine groups is 1. The van der Waals surface area contributed by atoms with Gasteiger partial charge in [-0.1, -0.05) is 12.1 Å². The largest absolute Gasteiger partial charge is 0.452 e. The highest BCUT2D eigenvalue weighted by Crippen LogP contribution is 2.30. The van der Waals surface area contributed by atoms with Crippen LogP contribution in [0.3, 0.4) is 0 Å². The summed E-state index contributed by atoms with van der Waals surface area (Å²) >= 11 is 0. The lowest BCUT2D eigenvalue weighted by atomic mass is 9.96. The predicted octanol–water partition coefficient (Wildman–Crippen LogP) is 1.40. The van der Waals surface area contributed by atoms with E-state index in [1.54, 1.807) is 36.1 Å². The van der Waals surface area contributed by atoms with E-state index in [0.717, 1.165) is 25.9 Å². The van der Waals surface area contributed by atoms with Gasteiger partial charge in [0, 0.05) is 31.7 Å². The first-order chi connectivity index (χ1) is 13.9. The van der Waals surface area contributed by atoms with Gasteiger partial charge in [-0.25, -0.2) is 0 Å². The Balaban J connectivity index is 1.35. The molecule has 1 aromatic rings. The van der Waals surface area contributed by atoms with Crippen molar-refractivity contribution in [1.82, 2.24) is 9.80 Å². The molecule has 0 spiro atoms. The zero-order valence-corrected chi connectivity index (χ0v) is 17.2. The molecule has 1 atom stereocenters. The third-order valence-corrected chi connectivity index (χ3v) is 7.12. The molecule has 29 heavy (non-hydrogen) atoms. The van der Waals surface area contributed by atoms with E-state index in [4.69, 9.17) is 4.74 Å². The van der Waals surface area contributed by atoms with Gasteiger partial charge in [0.15, 0.2) is 11.9 Å². The lowest BCUT2D eigenvalue weighted by Gasteiger charge is -2.32. The fourth-order valence-corrected chi connectivity index (χ4v) is 5.39. The van der Waals surface area contributed by atoms with Crippen molar-refractivity contribution in [2.45, 2.75) is 43.6 Å².